The third-order valence-electron chi connectivity index (χ3n) is 3.59. The van der Waals surface area contributed by atoms with E-state index in [4.69, 9.17) is 11.1 Å². The monoisotopic (exact) mass is 276 g/mol. The van der Waals surface area contributed by atoms with Crippen LogP contribution in [0, 0.1) is 5.41 Å². The summed E-state index contributed by atoms with van der Waals surface area (Å²) in [6.45, 7) is 4.42. The van der Waals surface area contributed by atoms with Crippen LogP contribution in [0.2, 0.25) is 0 Å². The Balaban J connectivity index is 2.93. The molecule has 1 aliphatic carbocycles. The van der Waals surface area contributed by atoms with E-state index in [0.717, 1.165) is 19.3 Å². The smallest absolute Gasteiger partial charge is 0.280 e. The van der Waals surface area contributed by atoms with Crippen LogP contribution in [-0.2, 0) is 10.2 Å². The van der Waals surface area contributed by atoms with Gasteiger partial charge in [-0.1, -0.05) is 33.1 Å². The largest absolute Gasteiger partial charge is 0.386 e. The molecule has 4 N–H and O–H groups in total. The molecule has 6 nitrogen and oxygen atoms in total. The average Bonchev–Trinajstić information content (AvgIpc) is 2.30. The Bertz CT molecular complexity index is 384. The minimum atomic E-state index is -3.56. The molecule has 1 fully saturated rings. The number of nitrogens with zero attached hydrogens (tertiary/aromatic N) is 1. The molecule has 106 valence electrons. The second kappa shape index (κ2) is 5.99. The molecule has 0 atom stereocenters. The summed E-state index contributed by atoms with van der Waals surface area (Å²) in [5, 5.41) is 7.70. The summed E-state index contributed by atoms with van der Waals surface area (Å²) in [6.07, 6.45) is 4.11. The molecule has 0 aromatic heterocycles. The molecule has 0 aromatic carbocycles. The van der Waals surface area contributed by atoms with Crippen molar-refractivity contribution in [2.24, 2.45) is 5.73 Å². The van der Waals surface area contributed by atoms with Crippen molar-refractivity contribution in [2.45, 2.75) is 51.5 Å². The highest BCUT2D eigenvalue weighted by atomic mass is 32.2. The van der Waals surface area contributed by atoms with Gasteiger partial charge in [0.05, 0.1) is 5.54 Å². The zero-order chi connectivity index (χ0) is 13.8. The first-order valence-corrected chi connectivity index (χ1v) is 7.95. The molecule has 0 heterocycles. The Kier molecular flexibility index (Phi) is 5.12. The predicted molar refractivity (Wildman–Crippen MR) is 72.7 cm³/mol. The van der Waals surface area contributed by atoms with Crippen LogP contribution < -0.4 is 10.5 Å². The highest BCUT2D eigenvalue weighted by Crippen LogP contribution is 2.29. The lowest BCUT2D eigenvalue weighted by Crippen LogP contribution is -2.60. The summed E-state index contributed by atoms with van der Waals surface area (Å²) >= 11 is 0. The highest BCUT2D eigenvalue weighted by molar-refractivity contribution is 7.87. The first-order valence-electron chi connectivity index (χ1n) is 6.51. The molecular formula is C11H24N4O2S. The van der Waals surface area contributed by atoms with Gasteiger partial charge >= 0.3 is 0 Å². The lowest BCUT2D eigenvalue weighted by Gasteiger charge is -2.37. The van der Waals surface area contributed by atoms with Gasteiger partial charge in [0, 0.05) is 13.1 Å². The molecule has 0 saturated heterocycles. The SMILES string of the molecule is CCN(CC)S(=O)(=O)NC1(C(=N)N)CCCCC1. The van der Waals surface area contributed by atoms with Crippen LogP contribution in [-0.4, -0.2) is 37.2 Å². The maximum Gasteiger partial charge on any atom is 0.280 e. The average molecular weight is 276 g/mol. The number of hydrogen-bond donors (Lipinski definition) is 3. The van der Waals surface area contributed by atoms with Gasteiger partial charge < -0.3 is 5.73 Å². The van der Waals surface area contributed by atoms with E-state index in [2.05, 4.69) is 4.72 Å². The molecule has 1 rings (SSSR count). The Morgan fingerprint density at radius 2 is 1.78 bits per heavy atom. The fourth-order valence-electron chi connectivity index (χ4n) is 2.46. The molecule has 0 radical (unpaired) electrons. The van der Waals surface area contributed by atoms with Gasteiger partial charge in [-0.15, -0.1) is 0 Å². The second-order valence-electron chi connectivity index (χ2n) is 4.75. The maximum atomic E-state index is 12.2. The van der Waals surface area contributed by atoms with Crippen LogP contribution in [0.3, 0.4) is 0 Å². The van der Waals surface area contributed by atoms with Crippen LogP contribution in [0.1, 0.15) is 46.0 Å². The summed E-state index contributed by atoms with van der Waals surface area (Å²) < 4.78 is 28.5. The van der Waals surface area contributed by atoms with Crippen molar-refractivity contribution in [1.29, 1.82) is 5.41 Å². The van der Waals surface area contributed by atoms with E-state index in [9.17, 15) is 8.42 Å². The van der Waals surface area contributed by atoms with Crippen molar-refractivity contribution < 1.29 is 8.42 Å². The first kappa shape index (κ1) is 15.4. The van der Waals surface area contributed by atoms with Crippen molar-refractivity contribution in [1.82, 2.24) is 9.03 Å². The van der Waals surface area contributed by atoms with Gasteiger partial charge in [-0.25, -0.2) is 0 Å². The van der Waals surface area contributed by atoms with Gasteiger partial charge in [-0.2, -0.15) is 17.4 Å². The van der Waals surface area contributed by atoms with Crippen LogP contribution in [0.4, 0.5) is 0 Å². The molecule has 0 amide bonds. The van der Waals surface area contributed by atoms with Gasteiger partial charge in [0.2, 0.25) is 0 Å². The van der Waals surface area contributed by atoms with Crippen molar-refractivity contribution in [3.05, 3.63) is 0 Å². The van der Waals surface area contributed by atoms with E-state index >= 15 is 0 Å². The minimum Gasteiger partial charge on any atom is -0.386 e. The number of nitrogens with one attached hydrogen (secondary N) is 2. The van der Waals surface area contributed by atoms with Crippen LogP contribution >= 0.6 is 0 Å². The molecule has 18 heavy (non-hydrogen) atoms. The van der Waals surface area contributed by atoms with E-state index in [1.807, 2.05) is 0 Å². The zero-order valence-corrected chi connectivity index (χ0v) is 12.0. The standard InChI is InChI=1S/C11H24N4O2S/c1-3-15(4-2)18(16,17)14-11(10(12)13)8-6-5-7-9-11/h14H,3-9H2,1-2H3,(H3,12,13). The summed E-state index contributed by atoms with van der Waals surface area (Å²) in [5.41, 5.74) is 4.75. The lowest BCUT2D eigenvalue weighted by molar-refractivity contribution is 0.333. The minimum absolute atomic E-state index is 0.0714. The van der Waals surface area contributed by atoms with E-state index in [1.165, 1.54) is 4.31 Å². The Morgan fingerprint density at radius 1 is 1.28 bits per heavy atom. The number of hydrogen-bond acceptors (Lipinski definition) is 3. The Hall–Kier alpha value is -0.660. The molecule has 7 heteroatoms. The molecular weight excluding hydrogens is 252 g/mol. The van der Waals surface area contributed by atoms with Crippen LogP contribution in [0.15, 0.2) is 0 Å². The fourth-order valence-corrected chi connectivity index (χ4v) is 4.07. The van der Waals surface area contributed by atoms with Gasteiger partial charge in [0.15, 0.2) is 0 Å². The predicted octanol–water partition coefficient (Wildman–Crippen LogP) is 0.801. The fraction of sp³-hybridized carbons (Fsp3) is 0.909. The van der Waals surface area contributed by atoms with Crippen molar-refractivity contribution in [3.8, 4) is 0 Å². The molecule has 1 saturated carbocycles. The molecule has 1 aliphatic rings. The van der Waals surface area contributed by atoms with E-state index < -0.39 is 15.7 Å². The molecule has 0 spiro atoms. The topological polar surface area (TPSA) is 99.3 Å². The molecule has 0 aromatic rings. The number of amidine groups is 1. The lowest BCUT2D eigenvalue weighted by atomic mass is 9.82. The zero-order valence-electron chi connectivity index (χ0n) is 11.2. The molecule has 0 unspecified atom stereocenters. The quantitative estimate of drug-likeness (QED) is 0.494. The second-order valence-corrected chi connectivity index (χ2v) is 6.42. The summed E-state index contributed by atoms with van der Waals surface area (Å²) in [7, 11) is -3.56. The van der Waals surface area contributed by atoms with E-state index in [1.54, 1.807) is 13.8 Å². The van der Waals surface area contributed by atoms with Crippen molar-refractivity contribution in [3.63, 3.8) is 0 Å². The highest BCUT2D eigenvalue weighted by Gasteiger charge is 2.40. The number of rotatable bonds is 6. The molecule has 0 bridgehead atoms. The maximum absolute atomic E-state index is 12.2. The summed E-state index contributed by atoms with van der Waals surface area (Å²) in [6, 6.07) is 0. The third-order valence-corrected chi connectivity index (χ3v) is 5.44. The normalized spacial score (nSPS) is 19.9. The van der Waals surface area contributed by atoms with Gasteiger partial charge in [0.1, 0.15) is 5.84 Å². The van der Waals surface area contributed by atoms with Gasteiger partial charge in [-0.05, 0) is 12.8 Å². The van der Waals surface area contributed by atoms with E-state index in [-0.39, 0.29) is 5.84 Å². The first-order chi connectivity index (χ1) is 8.38. The molecule has 0 aliphatic heterocycles. The summed E-state index contributed by atoms with van der Waals surface area (Å²) in [4.78, 5) is 0. The summed E-state index contributed by atoms with van der Waals surface area (Å²) in [5.74, 6) is -0.0714. The Morgan fingerprint density at radius 3 is 2.17 bits per heavy atom. The van der Waals surface area contributed by atoms with Crippen molar-refractivity contribution in [2.75, 3.05) is 13.1 Å². The third kappa shape index (κ3) is 3.21. The van der Waals surface area contributed by atoms with Crippen LogP contribution in [0.5, 0.6) is 0 Å². The van der Waals surface area contributed by atoms with E-state index in [0.29, 0.717) is 25.9 Å². The van der Waals surface area contributed by atoms with Crippen molar-refractivity contribution >= 4 is 16.0 Å². The van der Waals surface area contributed by atoms with Gasteiger partial charge in [-0.3, -0.25) is 5.41 Å². The Labute approximate surface area is 110 Å². The van der Waals surface area contributed by atoms with Crippen LogP contribution in [0.25, 0.3) is 0 Å². The van der Waals surface area contributed by atoms with Gasteiger partial charge in [0.25, 0.3) is 10.2 Å². The number of nitrogens with two attached hydrogens (primary N) is 1.